The molecule has 1 amide bonds. The quantitative estimate of drug-likeness (QED) is 0.578. The van der Waals surface area contributed by atoms with Gasteiger partial charge in [0.05, 0.1) is 11.0 Å². The van der Waals surface area contributed by atoms with E-state index in [-0.39, 0.29) is 29.0 Å². The van der Waals surface area contributed by atoms with Crippen molar-refractivity contribution in [3.05, 3.63) is 29.8 Å². The van der Waals surface area contributed by atoms with Gasteiger partial charge in [0.15, 0.2) is 0 Å². The van der Waals surface area contributed by atoms with Crippen molar-refractivity contribution in [2.24, 2.45) is 5.92 Å². The summed E-state index contributed by atoms with van der Waals surface area (Å²) >= 11 is 0. The van der Waals surface area contributed by atoms with Crippen LogP contribution in [0.15, 0.2) is 29.2 Å². The van der Waals surface area contributed by atoms with Crippen LogP contribution >= 0.6 is 0 Å². The fourth-order valence-electron chi connectivity index (χ4n) is 2.78. The smallest absolute Gasteiger partial charge is 0.326 e. The predicted molar refractivity (Wildman–Crippen MR) is 98.9 cm³/mol. The normalized spacial score (nSPS) is 19.4. The van der Waals surface area contributed by atoms with Gasteiger partial charge >= 0.3 is 5.97 Å². The maximum atomic E-state index is 12.3. The first-order valence-electron chi connectivity index (χ1n) is 8.99. The Labute approximate surface area is 159 Å². The van der Waals surface area contributed by atoms with Crippen LogP contribution in [-0.4, -0.2) is 50.7 Å². The maximum Gasteiger partial charge on any atom is 0.326 e. The Morgan fingerprint density at radius 1 is 1.30 bits per heavy atom. The third kappa shape index (κ3) is 5.75. The summed E-state index contributed by atoms with van der Waals surface area (Å²) in [6.45, 7) is 4.44. The molecular formula is C18H26N2O6S. The number of amides is 1. The summed E-state index contributed by atoms with van der Waals surface area (Å²) in [5, 5.41) is 11.7. The number of carboxylic acids is 1. The van der Waals surface area contributed by atoms with Crippen molar-refractivity contribution in [1.29, 1.82) is 0 Å². The van der Waals surface area contributed by atoms with Crippen molar-refractivity contribution < 1.29 is 27.9 Å². The van der Waals surface area contributed by atoms with Crippen LogP contribution in [0, 0.1) is 5.92 Å². The fraction of sp³-hybridized carbons (Fsp3) is 0.556. The lowest BCUT2D eigenvalue weighted by Crippen LogP contribution is -2.45. The van der Waals surface area contributed by atoms with Crippen molar-refractivity contribution in [3.8, 4) is 0 Å². The highest BCUT2D eigenvalue weighted by molar-refractivity contribution is 7.89. The number of hydrogen-bond acceptors (Lipinski definition) is 5. The molecule has 1 aliphatic rings. The molecule has 0 saturated carbocycles. The van der Waals surface area contributed by atoms with Gasteiger partial charge in [-0.25, -0.2) is 17.9 Å². The molecule has 1 saturated heterocycles. The van der Waals surface area contributed by atoms with Crippen LogP contribution < -0.4 is 10.0 Å². The number of ether oxygens (including phenoxy) is 1. The predicted octanol–water partition coefficient (Wildman–Crippen LogP) is 1.37. The summed E-state index contributed by atoms with van der Waals surface area (Å²) in [5.41, 5.74) is 0.197. The molecule has 0 aliphatic carbocycles. The molecule has 1 aliphatic heterocycles. The van der Waals surface area contributed by atoms with Gasteiger partial charge in [-0.3, -0.25) is 4.79 Å². The minimum atomic E-state index is -3.70. The van der Waals surface area contributed by atoms with Crippen molar-refractivity contribution >= 4 is 21.9 Å². The highest BCUT2D eigenvalue weighted by Gasteiger charge is 2.26. The summed E-state index contributed by atoms with van der Waals surface area (Å²) in [7, 11) is -3.70. The van der Waals surface area contributed by atoms with Crippen LogP contribution in [-0.2, 0) is 19.6 Å². The maximum absolute atomic E-state index is 12.3. The average Bonchev–Trinajstić information content (AvgIpc) is 3.17. The van der Waals surface area contributed by atoms with E-state index in [9.17, 15) is 23.1 Å². The molecule has 0 bridgehead atoms. The molecule has 9 heteroatoms. The number of hydrogen-bond donors (Lipinski definition) is 3. The number of carbonyl (C=O) groups is 2. The SMILES string of the molecule is CC[C@H](C)[C@H](NC(=O)c1ccc(S(=O)(=O)NCC2CCCO2)cc1)C(=O)O. The van der Waals surface area contributed by atoms with Gasteiger partial charge in [0, 0.05) is 18.7 Å². The Morgan fingerprint density at radius 3 is 2.48 bits per heavy atom. The second kappa shape index (κ2) is 9.29. The van der Waals surface area contributed by atoms with Gasteiger partial charge in [-0.15, -0.1) is 0 Å². The third-order valence-corrected chi connectivity index (χ3v) is 6.16. The Hall–Kier alpha value is -1.97. The zero-order valence-electron chi connectivity index (χ0n) is 15.5. The molecule has 1 unspecified atom stereocenters. The molecule has 27 heavy (non-hydrogen) atoms. The zero-order chi connectivity index (χ0) is 20.0. The lowest BCUT2D eigenvalue weighted by molar-refractivity contribution is -0.140. The van der Waals surface area contributed by atoms with E-state index in [1.54, 1.807) is 6.92 Å². The molecule has 3 N–H and O–H groups in total. The van der Waals surface area contributed by atoms with Crippen molar-refractivity contribution in [2.45, 2.75) is 50.2 Å². The third-order valence-electron chi connectivity index (χ3n) is 4.72. The first-order valence-corrected chi connectivity index (χ1v) is 10.5. The van der Waals surface area contributed by atoms with Gasteiger partial charge in [0.25, 0.3) is 5.91 Å². The molecule has 1 aromatic rings. The number of carbonyl (C=O) groups excluding carboxylic acids is 1. The molecular weight excluding hydrogens is 372 g/mol. The van der Waals surface area contributed by atoms with Crippen LogP contribution in [0.5, 0.6) is 0 Å². The van der Waals surface area contributed by atoms with Crippen LogP contribution in [0.25, 0.3) is 0 Å². The van der Waals surface area contributed by atoms with Crippen molar-refractivity contribution in [1.82, 2.24) is 10.0 Å². The van der Waals surface area contributed by atoms with Crippen LogP contribution in [0.1, 0.15) is 43.5 Å². The number of sulfonamides is 1. The number of aliphatic carboxylic acids is 1. The zero-order valence-corrected chi connectivity index (χ0v) is 16.3. The van der Waals surface area contributed by atoms with E-state index in [1.807, 2.05) is 6.92 Å². The largest absolute Gasteiger partial charge is 0.480 e. The van der Waals surface area contributed by atoms with Crippen molar-refractivity contribution in [3.63, 3.8) is 0 Å². The van der Waals surface area contributed by atoms with E-state index in [2.05, 4.69) is 10.0 Å². The highest BCUT2D eigenvalue weighted by atomic mass is 32.2. The van der Waals surface area contributed by atoms with E-state index >= 15 is 0 Å². The van der Waals surface area contributed by atoms with Gasteiger partial charge in [0.1, 0.15) is 6.04 Å². The molecule has 0 spiro atoms. The van der Waals surface area contributed by atoms with Gasteiger partial charge in [-0.05, 0) is 43.0 Å². The molecule has 2 rings (SSSR count). The summed E-state index contributed by atoms with van der Waals surface area (Å²) in [5.74, 6) is -1.89. The second-order valence-electron chi connectivity index (χ2n) is 6.69. The molecule has 1 heterocycles. The number of carboxylic acid groups (broad SMARTS) is 1. The Balaban J connectivity index is 2.02. The molecule has 3 atom stereocenters. The molecule has 8 nitrogen and oxygen atoms in total. The molecule has 0 aromatic heterocycles. The van der Waals surface area contributed by atoms with Crippen LogP contribution in [0.4, 0.5) is 0 Å². The highest BCUT2D eigenvalue weighted by Crippen LogP contribution is 2.15. The standard InChI is InChI=1S/C18H26N2O6S/c1-3-12(2)16(18(22)23)20-17(21)13-6-8-15(9-7-13)27(24,25)19-11-14-5-4-10-26-14/h6-9,12,14,16,19H,3-5,10-11H2,1-2H3,(H,20,21)(H,22,23)/t12-,14?,16-/m0/s1. The Kier molecular flexibility index (Phi) is 7.34. The van der Waals surface area contributed by atoms with Gasteiger partial charge in [-0.2, -0.15) is 0 Å². The average molecular weight is 398 g/mol. The van der Waals surface area contributed by atoms with E-state index in [0.717, 1.165) is 12.8 Å². The van der Waals surface area contributed by atoms with E-state index in [1.165, 1.54) is 24.3 Å². The summed E-state index contributed by atoms with van der Waals surface area (Å²) < 4.78 is 32.5. The molecule has 1 fully saturated rings. The van der Waals surface area contributed by atoms with Gasteiger partial charge in [0.2, 0.25) is 10.0 Å². The number of nitrogens with one attached hydrogen (secondary N) is 2. The summed E-state index contributed by atoms with van der Waals surface area (Å²) in [6, 6.07) is 4.38. The lowest BCUT2D eigenvalue weighted by atomic mass is 9.99. The topological polar surface area (TPSA) is 122 Å². The first kappa shape index (κ1) is 21.3. The Morgan fingerprint density at radius 2 is 1.96 bits per heavy atom. The van der Waals surface area contributed by atoms with E-state index < -0.39 is 27.9 Å². The monoisotopic (exact) mass is 398 g/mol. The molecule has 1 aromatic carbocycles. The van der Waals surface area contributed by atoms with Crippen LogP contribution in [0.2, 0.25) is 0 Å². The minimum absolute atomic E-state index is 0.0359. The lowest BCUT2D eigenvalue weighted by Gasteiger charge is -2.20. The minimum Gasteiger partial charge on any atom is -0.480 e. The van der Waals surface area contributed by atoms with Gasteiger partial charge in [-0.1, -0.05) is 20.3 Å². The second-order valence-corrected chi connectivity index (χ2v) is 8.45. The van der Waals surface area contributed by atoms with E-state index in [0.29, 0.717) is 13.0 Å². The number of benzene rings is 1. The van der Waals surface area contributed by atoms with Crippen molar-refractivity contribution in [2.75, 3.05) is 13.2 Å². The molecule has 0 radical (unpaired) electrons. The molecule has 150 valence electrons. The fourth-order valence-corrected chi connectivity index (χ4v) is 3.85. The Bertz CT molecular complexity index is 757. The summed E-state index contributed by atoms with van der Waals surface area (Å²) in [4.78, 5) is 23.6. The summed E-state index contributed by atoms with van der Waals surface area (Å²) in [6.07, 6.45) is 2.23. The first-order chi connectivity index (χ1) is 12.7. The van der Waals surface area contributed by atoms with Crippen LogP contribution in [0.3, 0.4) is 0 Å². The number of rotatable bonds is 9. The van der Waals surface area contributed by atoms with Gasteiger partial charge < -0.3 is 15.2 Å². The van der Waals surface area contributed by atoms with E-state index in [4.69, 9.17) is 4.74 Å².